The summed E-state index contributed by atoms with van der Waals surface area (Å²) in [7, 11) is 1.93. The SMILES string of the molecule is CN(c1cccnc1)c1ccc(C#N)c(Cl)c1. The highest BCUT2D eigenvalue weighted by Crippen LogP contribution is 2.27. The van der Waals surface area contributed by atoms with Gasteiger partial charge in [0.15, 0.2) is 0 Å². The summed E-state index contributed by atoms with van der Waals surface area (Å²) in [6.45, 7) is 0. The van der Waals surface area contributed by atoms with E-state index in [-0.39, 0.29) is 0 Å². The molecule has 0 saturated heterocycles. The quantitative estimate of drug-likeness (QED) is 0.812. The van der Waals surface area contributed by atoms with Crippen LogP contribution < -0.4 is 4.90 Å². The van der Waals surface area contributed by atoms with Crippen LogP contribution in [0.1, 0.15) is 5.56 Å². The molecule has 0 aliphatic rings. The Morgan fingerprint density at radius 1 is 1.29 bits per heavy atom. The largest absolute Gasteiger partial charge is 0.343 e. The fourth-order valence-electron chi connectivity index (χ4n) is 1.50. The molecule has 0 spiro atoms. The van der Waals surface area contributed by atoms with Crippen LogP contribution in [0.2, 0.25) is 5.02 Å². The Balaban J connectivity index is 2.36. The second kappa shape index (κ2) is 4.86. The van der Waals surface area contributed by atoms with Crippen LogP contribution in [0.3, 0.4) is 0 Å². The first-order valence-corrected chi connectivity index (χ1v) is 5.43. The topological polar surface area (TPSA) is 39.9 Å². The van der Waals surface area contributed by atoms with Crippen molar-refractivity contribution < 1.29 is 0 Å². The first-order chi connectivity index (χ1) is 8.22. The minimum Gasteiger partial charge on any atom is -0.343 e. The van der Waals surface area contributed by atoms with E-state index in [1.165, 1.54) is 0 Å². The maximum atomic E-state index is 8.81. The van der Waals surface area contributed by atoms with Crippen LogP contribution in [0.15, 0.2) is 42.7 Å². The van der Waals surface area contributed by atoms with Crippen molar-refractivity contribution in [1.29, 1.82) is 5.26 Å². The Labute approximate surface area is 105 Å². The molecule has 0 radical (unpaired) electrons. The van der Waals surface area contributed by atoms with Crippen LogP contribution in [0, 0.1) is 11.3 Å². The van der Waals surface area contributed by atoms with Crippen LogP contribution in [0.25, 0.3) is 0 Å². The molecule has 0 saturated carbocycles. The Kier molecular flexibility index (Phi) is 3.27. The molecule has 2 aromatic rings. The summed E-state index contributed by atoms with van der Waals surface area (Å²) >= 11 is 6.00. The molecule has 1 aromatic heterocycles. The molecule has 1 heterocycles. The van der Waals surface area contributed by atoms with Gasteiger partial charge >= 0.3 is 0 Å². The second-order valence-electron chi connectivity index (χ2n) is 3.55. The lowest BCUT2D eigenvalue weighted by atomic mass is 10.2. The van der Waals surface area contributed by atoms with Crippen molar-refractivity contribution in [2.24, 2.45) is 0 Å². The van der Waals surface area contributed by atoms with Gasteiger partial charge in [0.2, 0.25) is 0 Å². The van der Waals surface area contributed by atoms with E-state index >= 15 is 0 Å². The third-order valence-electron chi connectivity index (χ3n) is 2.49. The summed E-state index contributed by atoms with van der Waals surface area (Å²) in [6.07, 6.45) is 3.50. The van der Waals surface area contributed by atoms with Gasteiger partial charge in [-0.25, -0.2) is 0 Å². The second-order valence-corrected chi connectivity index (χ2v) is 3.95. The van der Waals surface area contributed by atoms with Crippen LogP contribution in [0.4, 0.5) is 11.4 Å². The molecule has 4 heteroatoms. The molecule has 1 aromatic carbocycles. The molecule has 84 valence electrons. The van der Waals surface area contributed by atoms with Crippen molar-refractivity contribution in [3.63, 3.8) is 0 Å². The number of halogens is 1. The number of benzene rings is 1. The molecule has 0 unspecified atom stereocenters. The van der Waals surface area contributed by atoms with Gasteiger partial charge in [0.05, 0.1) is 22.5 Å². The molecule has 0 N–H and O–H groups in total. The van der Waals surface area contributed by atoms with Gasteiger partial charge in [-0.05, 0) is 30.3 Å². The highest BCUT2D eigenvalue weighted by atomic mass is 35.5. The van der Waals surface area contributed by atoms with Gasteiger partial charge in [0.1, 0.15) is 6.07 Å². The Bertz CT molecular complexity index is 561. The van der Waals surface area contributed by atoms with E-state index in [1.54, 1.807) is 24.5 Å². The number of hydrogen-bond acceptors (Lipinski definition) is 3. The normalized spacial score (nSPS) is 9.71. The van der Waals surface area contributed by atoms with Crippen molar-refractivity contribution in [3.8, 4) is 6.07 Å². The number of nitrogens with zero attached hydrogens (tertiary/aromatic N) is 3. The van der Waals surface area contributed by atoms with Crippen LogP contribution in [-0.2, 0) is 0 Å². The van der Waals surface area contributed by atoms with Gasteiger partial charge in [0, 0.05) is 18.9 Å². The summed E-state index contributed by atoms with van der Waals surface area (Å²) in [5, 5.41) is 9.27. The average Bonchev–Trinajstić information content (AvgIpc) is 2.39. The zero-order valence-corrected chi connectivity index (χ0v) is 10.0. The summed E-state index contributed by atoms with van der Waals surface area (Å²) in [4.78, 5) is 6.02. The van der Waals surface area contributed by atoms with E-state index in [1.807, 2.05) is 36.2 Å². The molecular weight excluding hydrogens is 234 g/mol. The Morgan fingerprint density at radius 2 is 2.12 bits per heavy atom. The smallest absolute Gasteiger partial charge is 0.101 e. The molecule has 0 fully saturated rings. The van der Waals surface area contributed by atoms with Crippen LogP contribution in [0.5, 0.6) is 0 Å². The predicted octanol–water partition coefficient (Wildman–Crippen LogP) is 3.37. The minimum atomic E-state index is 0.459. The van der Waals surface area contributed by atoms with E-state index < -0.39 is 0 Å². The molecular formula is C13H10ClN3. The van der Waals surface area contributed by atoms with Crippen molar-refractivity contribution >= 4 is 23.0 Å². The highest BCUT2D eigenvalue weighted by molar-refractivity contribution is 6.32. The van der Waals surface area contributed by atoms with E-state index in [0.29, 0.717) is 10.6 Å². The Morgan fingerprint density at radius 3 is 2.71 bits per heavy atom. The number of pyridine rings is 1. The maximum absolute atomic E-state index is 8.81. The number of hydrogen-bond donors (Lipinski definition) is 0. The van der Waals surface area contributed by atoms with Gasteiger partial charge in [-0.1, -0.05) is 11.6 Å². The molecule has 0 aliphatic heterocycles. The van der Waals surface area contributed by atoms with Gasteiger partial charge in [-0.15, -0.1) is 0 Å². The number of nitriles is 1. The number of rotatable bonds is 2. The third-order valence-corrected chi connectivity index (χ3v) is 2.81. The van der Waals surface area contributed by atoms with Crippen molar-refractivity contribution in [2.45, 2.75) is 0 Å². The van der Waals surface area contributed by atoms with E-state index in [2.05, 4.69) is 4.98 Å². The van der Waals surface area contributed by atoms with E-state index in [4.69, 9.17) is 16.9 Å². The minimum absolute atomic E-state index is 0.459. The highest BCUT2D eigenvalue weighted by Gasteiger charge is 2.06. The standard InChI is InChI=1S/C13H10ClN3/c1-17(12-3-2-6-16-9-12)11-5-4-10(8-15)13(14)7-11/h2-7,9H,1H3. The fourth-order valence-corrected chi connectivity index (χ4v) is 1.72. The monoisotopic (exact) mass is 243 g/mol. The van der Waals surface area contributed by atoms with Crippen molar-refractivity contribution in [1.82, 2.24) is 4.98 Å². The van der Waals surface area contributed by atoms with E-state index in [9.17, 15) is 0 Å². The molecule has 2 rings (SSSR count). The lowest BCUT2D eigenvalue weighted by Gasteiger charge is -2.19. The summed E-state index contributed by atoms with van der Waals surface area (Å²) in [5.41, 5.74) is 2.37. The van der Waals surface area contributed by atoms with Gasteiger partial charge in [-0.2, -0.15) is 5.26 Å². The van der Waals surface area contributed by atoms with Crippen LogP contribution in [-0.4, -0.2) is 12.0 Å². The lowest BCUT2D eigenvalue weighted by molar-refractivity contribution is 1.17. The average molecular weight is 244 g/mol. The molecule has 0 amide bonds. The lowest BCUT2D eigenvalue weighted by Crippen LogP contribution is -2.09. The predicted molar refractivity (Wildman–Crippen MR) is 68.5 cm³/mol. The summed E-state index contributed by atoms with van der Waals surface area (Å²) < 4.78 is 0. The summed E-state index contributed by atoms with van der Waals surface area (Å²) in [6, 6.07) is 11.2. The number of aromatic nitrogens is 1. The molecule has 17 heavy (non-hydrogen) atoms. The van der Waals surface area contributed by atoms with Crippen molar-refractivity contribution in [2.75, 3.05) is 11.9 Å². The molecule has 0 atom stereocenters. The fraction of sp³-hybridized carbons (Fsp3) is 0.0769. The van der Waals surface area contributed by atoms with Crippen molar-refractivity contribution in [3.05, 3.63) is 53.3 Å². The zero-order valence-electron chi connectivity index (χ0n) is 9.26. The molecule has 0 aliphatic carbocycles. The first-order valence-electron chi connectivity index (χ1n) is 5.06. The first kappa shape index (κ1) is 11.4. The van der Waals surface area contributed by atoms with Gasteiger partial charge in [-0.3, -0.25) is 4.98 Å². The van der Waals surface area contributed by atoms with Crippen LogP contribution >= 0.6 is 11.6 Å². The van der Waals surface area contributed by atoms with Gasteiger partial charge in [0.25, 0.3) is 0 Å². The maximum Gasteiger partial charge on any atom is 0.101 e. The molecule has 0 bridgehead atoms. The van der Waals surface area contributed by atoms with Gasteiger partial charge < -0.3 is 4.90 Å². The van der Waals surface area contributed by atoms with E-state index in [0.717, 1.165) is 11.4 Å². The zero-order chi connectivity index (χ0) is 12.3. The Hall–Kier alpha value is -2.05. The summed E-state index contributed by atoms with van der Waals surface area (Å²) in [5.74, 6) is 0. The number of anilines is 2. The third kappa shape index (κ3) is 2.38. The molecule has 3 nitrogen and oxygen atoms in total.